The van der Waals surface area contributed by atoms with Gasteiger partial charge in [0.2, 0.25) is 5.91 Å². The van der Waals surface area contributed by atoms with Crippen LogP contribution < -0.4 is 15.5 Å². The van der Waals surface area contributed by atoms with Crippen LogP contribution in [0, 0.1) is 5.92 Å². The number of anilines is 2. The number of amides is 2. The Kier molecular flexibility index (Phi) is 7.63. The maximum absolute atomic E-state index is 13.1. The third-order valence-electron chi connectivity index (χ3n) is 6.41. The van der Waals surface area contributed by atoms with Gasteiger partial charge >= 0.3 is 0 Å². The average Bonchev–Trinajstić information content (AvgIpc) is 2.86. The zero-order chi connectivity index (χ0) is 23.9. The van der Waals surface area contributed by atoms with Crippen LogP contribution in [0.3, 0.4) is 0 Å². The van der Waals surface area contributed by atoms with Gasteiger partial charge in [0.05, 0.1) is 5.92 Å². The highest BCUT2D eigenvalue weighted by molar-refractivity contribution is 6.04. The maximum atomic E-state index is 13.1. The summed E-state index contributed by atoms with van der Waals surface area (Å²) in [5.74, 6) is 0.196. The van der Waals surface area contributed by atoms with Crippen molar-refractivity contribution >= 4 is 23.2 Å². The van der Waals surface area contributed by atoms with Crippen LogP contribution >= 0.6 is 0 Å². The van der Waals surface area contributed by atoms with Gasteiger partial charge in [-0.1, -0.05) is 48.5 Å². The molecule has 0 radical (unpaired) electrons. The van der Waals surface area contributed by atoms with Gasteiger partial charge < -0.3 is 15.5 Å². The first-order valence-corrected chi connectivity index (χ1v) is 12.1. The van der Waals surface area contributed by atoms with Gasteiger partial charge in [0.25, 0.3) is 5.91 Å². The molecule has 0 bridgehead atoms. The minimum Gasteiger partial charge on any atom is -0.372 e. The van der Waals surface area contributed by atoms with Crippen molar-refractivity contribution in [1.82, 2.24) is 5.32 Å². The van der Waals surface area contributed by atoms with E-state index in [2.05, 4.69) is 39.8 Å². The molecule has 5 heteroatoms. The Hall–Kier alpha value is -3.60. The van der Waals surface area contributed by atoms with Crippen LogP contribution in [0.5, 0.6) is 0 Å². The first-order valence-electron chi connectivity index (χ1n) is 12.1. The van der Waals surface area contributed by atoms with Gasteiger partial charge in [0.1, 0.15) is 0 Å². The van der Waals surface area contributed by atoms with Crippen LogP contribution in [0.15, 0.2) is 84.9 Å². The molecule has 1 unspecified atom stereocenters. The summed E-state index contributed by atoms with van der Waals surface area (Å²) in [6.45, 7) is 5.82. The van der Waals surface area contributed by atoms with Gasteiger partial charge in [-0.3, -0.25) is 9.59 Å². The van der Waals surface area contributed by atoms with Gasteiger partial charge in [-0.25, -0.2) is 0 Å². The molecule has 1 fully saturated rings. The SMILES string of the molecule is CC(C)NC(=O)C(c1ccccc1)C1CCN(c2ccc(NC(=O)c3ccccc3)cc2)CC1. The number of nitrogens with one attached hydrogen (secondary N) is 2. The highest BCUT2D eigenvalue weighted by atomic mass is 16.2. The smallest absolute Gasteiger partial charge is 0.255 e. The molecule has 1 atom stereocenters. The van der Waals surface area contributed by atoms with Crippen LogP contribution in [0.1, 0.15) is 48.5 Å². The van der Waals surface area contributed by atoms with Gasteiger partial charge in [-0.05, 0) is 74.6 Å². The monoisotopic (exact) mass is 455 g/mol. The van der Waals surface area contributed by atoms with Crippen molar-refractivity contribution in [1.29, 1.82) is 0 Å². The highest BCUT2D eigenvalue weighted by Crippen LogP contribution is 2.35. The molecule has 4 rings (SSSR count). The Morgan fingerprint density at radius 2 is 1.41 bits per heavy atom. The standard InChI is InChI=1S/C29H33N3O2/c1-21(2)30-29(34)27(22-9-5-3-6-10-22)23-17-19-32(20-18-23)26-15-13-25(14-16-26)31-28(33)24-11-7-4-8-12-24/h3-16,21,23,27H,17-20H2,1-2H3,(H,30,34)(H,31,33). The minimum absolute atomic E-state index is 0.110. The Morgan fingerprint density at radius 1 is 0.824 bits per heavy atom. The molecule has 1 aliphatic rings. The lowest BCUT2D eigenvalue weighted by molar-refractivity contribution is -0.124. The number of benzene rings is 3. The summed E-state index contributed by atoms with van der Waals surface area (Å²) in [7, 11) is 0. The largest absolute Gasteiger partial charge is 0.372 e. The molecule has 34 heavy (non-hydrogen) atoms. The number of carbonyl (C=O) groups excluding carboxylic acids is 2. The number of hydrogen-bond donors (Lipinski definition) is 2. The predicted octanol–water partition coefficient (Wildman–Crippen LogP) is 5.46. The summed E-state index contributed by atoms with van der Waals surface area (Å²) in [6, 6.07) is 27.5. The maximum Gasteiger partial charge on any atom is 0.255 e. The van der Waals surface area contributed by atoms with E-state index in [1.54, 1.807) is 12.1 Å². The van der Waals surface area contributed by atoms with Gasteiger partial charge in [0.15, 0.2) is 0 Å². The lowest BCUT2D eigenvalue weighted by Gasteiger charge is -2.37. The summed E-state index contributed by atoms with van der Waals surface area (Å²) < 4.78 is 0. The third-order valence-corrected chi connectivity index (χ3v) is 6.41. The zero-order valence-corrected chi connectivity index (χ0v) is 19.9. The molecule has 5 nitrogen and oxygen atoms in total. The normalized spacial score (nSPS) is 15.1. The molecule has 2 amide bonds. The second-order valence-electron chi connectivity index (χ2n) is 9.24. The van der Waals surface area contributed by atoms with E-state index in [4.69, 9.17) is 0 Å². The van der Waals surface area contributed by atoms with E-state index in [0.717, 1.165) is 42.9 Å². The summed E-state index contributed by atoms with van der Waals surface area (Å²) in [5, 5.41) is 6.08. The Morgan fingerprint density at radius 3 is 2.00 bits per heavy atom. The van der Waals surface area contributed by atoms with E-state index in [-0.39, 0.29) is 23.8 Å². The Balaban J connectivity index is 1.38. The molecule has 0 aliphatic carbocycles. The van der Waals surface area contributed by atoms with Crippen molar-refractivity contribution in [2.75, 3.05) is 23.3 Å². The molecular formula is C29H33N3O2. The number of hydrogen-bond acceptors (Lipinski definition) is 3. The molecule has 1 aliphatic heterocycles. The molecule has 3 aromatic rings. The molecule has 1 heterocycles. The Bertz CT molecular complexity index is 1070. The highest BCUT2D eigenvalue weighted by Gasteiger charge is 2.33. The van der Waals surface area contributed by atoms with Gasteiger partial charge in [-0.2, -0.15) is 0 Å². The van der Waals surface area contributed by atoms with Crippen LogP contribution in [0.4, 0.5) is 11.4 Å². The molecule has 2 N–H and O–H groups in total. The molecule has 1 saturated heterocycles. The topological polar surface area (TPSA) is 61.4 Å². The fraction of sp³-hybridized carbons (Fsp3) is 0.310. The van der Waals surface area contributed by atoms with E-state index in [9.17, 15) is 9.59 Å². The van der Waals surface area contributed by atoms with Gasteiger partial charge in [0, 0.05) is 36.1 Å². The lowest BCUT2D eigenvalue weighted by atomic mass is 9.79. The molecule has 0 aromatic heterocycles. The number of rotatable bonds is 7. The molecule has 3 aromatic carbocycles. The second-order valence-corrected chi connectivity index (χ2v) is 9.24. The second kappa shape index (κ2) is 11.0. The van der Waals surface area contributed by atoms with Crippen molar-refractivity contribution in [2.24, 2.45) is 5.92 Å². The predicted molar refractivity (Wildman–Crippen MR) is 138 cm³/mol. The summed E-state index contributed by atoms with van der Waals surface area (Å²) in [5.41, 5.74) is 3.65. The van der Waals surface area contributed by atoms with Crippen molar-refractivity contribution in [3.8, 4) is 0 Å². The van der Waals surface area contributed by atoms with E-state index < -0.39 is 0 Å². The lowest BCUT2D eigenvalue weighted by Crippen LogP contribution is -2.42. The summed E-state index contributed by atoms with van der Waals surface area (Å²) >= 11 is 0. The molecule has 0 spiro atoms. The van der Waals surface area contributed by atoms with E-state index in [0.29, 0.717) is 11.5 Å². The Labute approximate surface area is 202 Å². The van der Waals surface area contributed by atoms with Gasteiger partial charge in [-0.15, -0.1) is 0 Å². The summed E-state index contributed by atoms with van der Waals surface area (Å²) in [6.07, 6.45) is 1.91. The molecular weight excluding hydrogens is 422 g/mol. The summed E-state index contributed by atoms with van der Waals surface area (Å²) in [4.78, 5) is 27.8. The van der Waals surface area contributed by atoms with E-state index in [1.165, 1.54) is 0 Å². The first-order chi connectivity index (χ1) is 16.5. The van der Waals surface area contributed by atoms with Crippen molar-refractivity contribution in [2.45, 2.75) is 38.6 Å². The van der Waals surface area contributed by atoms with E-state index in [1.807, 2.05) is 62.4 Å². The first kappa shape index (κ1) is 23.6. The number of nitrogens with zero attached hydrogens (tertiary/aromatic N) is 1. The van der Waals surface area contributed by atoms with Crippen molar-refractivity contribution in [3.05, 3.63) is 96.1 Å². The number of carbonyl (C=O) groups is 2. The number of piperidine rings is 1. The van der Waals surface area contributed by atoms with Crippen LogP contribution in [-0.2, 0) is 4.79 Å². The average molecular weight is 456 g/mol. The fourth-order valence-electron chi connectivity index (χ4n) is 4.71. The third kappa shape index (κ3) is 5.84. The quantitative estimate of drug-likeness (QED) is 0.497. The minimum atomic E-state index is -0.124. The zero-order valence-electron chi connectivity index (χ0n) is 19.9. The fourth-order valence-corrected chi connectivity index (χ4v) is 4.71. The van der Waals surface area contributed by atoms with Crippen LogP contribution in [0.25, 0.3) is 0 Å². The van der Waals surface area contributed by atoms with Crippen molar-refractivity contribution in [3.63, 3.8) is 0 Å². The van der Waals surface area contributed by atoms with Crippen molar-refractivity contribution < 1.29 is 9.59 Å². The molecule has 0 saturated carbocycles. The molecule has 176 valence electrons. The van der Waals surface area contributed by atoms with Crippen LogP contribution in [0.2, 0.25) is 0 Å². The van der Waals surface area contributed by atoms with Crippen LogP contribution in [-0.4, -0.2) is 30.9 Å². The van der Waals surface area contributed by atoms with E-state index >= 15 is 0 Å².